The van der Waals surface area contributed by atoms with Gasteiger partial charge in [-0.15, -0.1) is 0 Å². The minimum atomic E-state index is -4.39. The maximum atomic E-state index is 12.2. The van der Waals surface area contributed by atoms with Crippen LogP contribution in [0, 0.1) is 0 Å². The summed E-state index contributed by atoms with van der Waals surface area (Å²) in [5, 5.41) is 0. The molecule has 1 aliphatic heterocycles. The number of hydrogen-bond acceptors (Lipinski definition) is 2. The normalized spacial score (nSPS) is 30.3. The van der Waals surface area contributed by atoms with Crippen molar-refractivity contribution in [2.24, 2.45) is 0 Å². The summed E-state index contributed by atoms with van der Waals surface area (Å²) in [4.78, 5) is 11.4. The van der Waals surface area contributed by atoms with E-state index in [2.05, 4.69) is 4.74 Å². The molecule has 1 fully saturated rings. The molecule has 2 atom stereocenters. The number of carbonyl (C=O) groups excluding carboxylic acids is 1. The molecule has 1 aliphatic rings. The van der Waals surface area contributed by atoms with Crippen molar-refractivity contribution in [1.29, 1.82) is 0 Å². The van der Waals surface area contributed by atoms with Gasteiger partial charge in [0.1, 0.15) is 0 Å². The van der Waals surface area contributed by atoms with Crippen LogP contribution in [0.4, 0.5) is 13.2 Å². The molecule has 0 aliphatic carbocycles. The van der Waals surface area contributed by atoms with Crippen LogP contribution in [-0.2, 0) is 9.53 Å². The zero-order valence-corrected chi connectivity index (χ0v) is 7.04. The molecule has 0 unspecified atom stereocenters. The van der Waals surface area contributed by atoms with E-state index in [1.165, 1.54) is 6.92 Å². The van der Waals surface area contributed by atoms with E-state index >= 15 is 0 Å². The zero-order valence-electron chi connectivity index (χ0n) is 7.04. The first-order valence-corrected chi connectivity index (χ1v) is 3.85. The first-order valence-electron chi connectivity index (χ1n) is 3.85. The van der Waals surface area contributed by atoms with Crippen molar-refractivity contribution in [3.8, 4) is 0 Å². The first-order chi connectivity index (χ1) is 5.93. The molecule has 6 heteroatoms. The maximum Gasteiger partial charge on any atom is 0.416 e. The second-order valence-corrected chi connectivity index (χ2v) is 3.04. The highest BCUT2D eigenvalue weighted by Gasteiger charge is 2.44. The Morgan fingerprint density at radius 1 is 1.46 bits per heavy atom. The third-order valence-electron chi connectivity index (χ3n) is 1.80. The number of amides is 1. The Kier molecular flexibility index (Phi) is 2.80. The van der Waals surface area contributed by atoms with Crippen molar-refractivity contribution in [3.05, 3.63) is 0 Å². The molecule has 3 nitrogen and oxygen atoms in total. The highest BCUT2D eigenvalue weighted by Crippen LogP contribution is 2.26. The van der Waals surface area contributed by atoms with Gasteiger partial charge in [0.25, 0.3) is 0 Å². The van der Waals surface area contributed by atoms with E-state index in [0.29, 0.717) is 6.41 Å². The monoisotopic (exact) mass is 197 g/mol. The Morgan fingerprint density at radius 3 is 2.54 bits per heavy atom. The van der Waals surface area contributed by atoms with Gasteiger partial charge in [0.15, 0.2) is 6.10 Å². The summed E-state index contributed by atoms with van der Waals surface area (Å²) in [6, 6.07) is 0. The summed E-state index contributed by atoms with van der Waals surface area (Å²) >= 11 is 0. The smallest absolute Gasteiger partial charge is 0.362 e. The third kappa shape index (κ3) is 2.58. The van der Waals surface area contributed by atoms with E-state index < -0.39 is 24.9 Å². The molecule has 0 N–H and O–H groups in total. The quantitative estimate of drug-likeness (QED) is 0.582. The van der Waals surface area contributed by atoms with E-state index in [9.17, 15) is 18.0 Å². The Morgan fingerprint density at radius 2 is 2.08 bits per heavy atom. The Balaban J connectivity index is 2.62. The van der Waals surface area contributed by atoms with Crippen molar-refractivity contribution in [3.63, 3.8) is 0 Å². The van der Waals surface area contributed by atoms with Crippen molar-refractivity contribution in [2.75, 3.05) is 13.1 Å². The number of nitrogens with zero attached hydrogens (tertiary/aromatic N) is 1. The van der Waals surface area contributed by atoms with Gasteiger partial charge in [-0.25, -0.2) is 0 Å². The molecule has 1 saturated heterocycles. The van der Waals surface area contributed by atoms with Crippen LogP contribution in [0.2, 0.25) is 0 Å². The molecular formula is C7H10F3NO2. The predicted octanol–water partition coefficient (Wildman–Crippen LogP) is 0.794. The van der Waals surface area contributed by atoms with Crippen molar-refractivity contribution < 1.29 is 22.7 Å². The largest absolute Gasteiger partial charge is 0.416 e. The van der Waals surface area contributed by atoms with Gasteiger partial charge in [-0.05, 0) is 6.92 Å². The van der Waals surface area contributed by atoms with Gasteiger partial charge in [0.2, 0.25) is 6.41 Å². The molecule has 0 aromatic carbocycles. The number of halogens is 3. The molecule has 0 bridgehead atoms. The molecule has 0 radical (unpaired) electrons. The average molecular weight is 197 g/mol. The molecule has 0 aromatic heterocycles. The van der Waals surface area contributed by atoms with E-state index in [1.54, 1.807) is 0 Å². The number of alkyl halides is 3. The summed E-state index contributed by atoms with van der Waals surface area (Å²) in [6.07, 6.45) is -6.39. The third-order valence-corrected chi connectivity index (χ3v) is 1.80. The fraction of sp³-hybridized carbons (Fsp3) is 0.857. The van der Waals surface area contributed by atoms with Gasteiger partial charge in [0, 0.05) is 6.54 Å². The van der Waals surface area contributed by atoms with Gasteiger partial charge in [-0.2, -0.15) is 13.2 Å². The molecule has 0 aromatic rings. The minimum Gasteiger partial charge on any atom is -0.362 e. The van der Waals surface area contributed by atoms with E-state index in [0.717, 1.165) is 4.90 Å². The summed E-state index contributed by atoms with van der Waals surface area (Å²) in [7, 11) is 0. The van der Waals surface area contributed by atoms with Crippen molar-refractivity contribution >= 4 is 6.41 Å². The summed E-state index contributed by atoms with van der Waals surface area (Å²) in [5.74, 6) is 0. The fourth-order valence-corrected chi connectivity index (χ4v) is 1.25. The van der Waals surface area contributed by atoms with Gasteiger partial charge >= 0.3 is 6.18 Å². The lowest BCUT2D eigenvalue weighted by Gasteiger charge is -2.35. The first kappa shape index (κ1) is 10.3. The number of ether oxygens (including phenoxy) is 1. The summed E-state index contributed by atoms with van der Waals surface area (Å²) in [5.41, 5.74) is 0. The Labute approximate surface area is 73.5 Å². The molecule has 0 spiro atoms. The van der Waals surface area contributed by atoms with Crippen LogP contribution in [0.3, 0.4) is 0 Å². The highest BCUT2D eigenvalue weighted by atomic mass is 19.4. The summed E-state index contributed by atoms with van der Waals surface area (Å²) < 4.78 is 41.1. The van der Waals surface area contributed by atoms with E-state index in [4.69, 9.17) is 0 Å². The van der Waals surface area contributed by atoms with Crippen LogP contribution in [-0.4, -0.2) is 42.8 Å². The highest BCUT2D eigenvalue weighted by molar-refractivity contribution is 5.47. The van der Waals surface area contributed by atoms with Crippen LogP contribution in [0.1, 0.15) is 6.92 Å². The Bertz CT molecular complexity index is 195. The topological polar surface area (TPSA) is 29.5 Å². The van der Waals surface area contributed by atoms with Crippen LogP contribution >= 0.6 is 0 Å². The van der Waals surface area contributed by atoms with Crippen LogP contribution < -0.4 is 0 Å². The second-order valence-electron chi connectivity index (χ2n) is 3.04. The second kappa shape index (κ2) is 3.53. The molecule has 0 saturated carbocycles. The summed E-state index contributed by atoms with van der Waals surface area (Å²) in [6.45, 7) is 1.32. The average Bonchev–Trinajstić information content (AvgIpc) is 2.01. The maximum absolute atomic E-state index is 12.2. The lowest BCUT2D eigenvalue weighted by Crippen LogP contribution is -2.51. The molecule has 13 heavy (non-hydrogen) atoms. The van der Waals surface area contributed by atoms with Gasteiger partial charge in [0.05, 0.1) is 12.6 Å². The predicted molar refractivity (Wildman–Crippen MR) is 38.0 cm³/mol. The molecular weight excluding hydrogens is 187 g/mol. The van der Waals surface area contributed by atoms with Crippen LogP contribution in [0.25, 0.3) is 0 Å². The van der Waals surface area contributed by atoms with Crippen LogP contribution in [0.5, 0.6) is 0 Å². The van der Waals surface area contributed by atoms with E-state index in [-0.39, 0.29) is 6.54 Å². The fourth-order valence-electron chi connectivity index (χ4n) is 1.25. The number of morpholine rings is 1. The zero-order chi connectivity index (χ0) is 10.1. The standard InChI is InChI=1S/C7H10F3NO2/c1-5-2-11(4-12)3-6(13-5)7(8,9)10/h4-6H,2-3H2,1H3/t5-,6-/m0/s1. The van der Waals surface area contributed by atoms with Crippen LogP contribution in [0.15, 0.2) is 0 Å². The Hall–Kier alpha value is -0.780. The lowest BCUT2D eigenvalue weighted by atomic mass is 10.2. The van der Waals surface area contributed by atoms with Gasteiger partial charge in [-0.3, -0.25) is 4.79 Å². The number of carbonyl (C=O) groups is 1. The molecule has 1 amide bonds. The lowest BCUT2D eigenvalue weighted by molar-refractivity contribution is -0.248. The molecule has 76 valence electrons. The number of rotatable bonds is 1. The van der Waals surface area contributed by atoms with Crippen molar-refractivity contribution in [1.82, 2.24) is 4.90 Å². The van der Waals surface area contributed by atoms with Gasteiger partial charge < -0.3 is 9.64 Å². The minimum absolute atomic E-state index is 0.218. The van der Waals surface area contributed by atoms with E-state index in [1.807, 2.05) is 0 Å². The SMILES string of the molecule is C[C@H]1CN(C=O)C[C@@H](C(F)(F)F)O1. The molecule has 1 heterocycles. The molecule has 1 rings (SSSR count). The van der Waals surface area contributed by atoms with Crippen molar-refractivity contribution in [2.45, 2.75) is 25.3 Å². The number of hydrogen-bond donors (Lipinski definition) is 0. The van der Waals surface area contributed by atoms with Gasteiger partial charge in [-0.1, -0.05) is 0 Å².